The van der Waals surface area contributed by atoms with Gasteiger partial charge in [-0.3, -0.25) is 0 Å². The highest BCUT2D eigenvalue weighted by molar-refractivity contribution is 6.48. The zero-order chi connectivity index (χ0) is 44.1. The maximum atomic E-state index is 7.28. The number of hydrogen-bond donors (Lipinski definition) is 1. The Balaban J connectivity index is 0.967. The number of anilines is 1. The number of benzene rings is 3. The van der Waals surface area contributed by atoms with Gasteiger partial charge in [-0.1, -0.05) is 87.3 Å². The molecule has 0 bridgehead atoms. The molecule has 10 rings (SSSR count). The summed E-state index contributed by atoms with van der Waals surface area (Å²) >= 11 is 14.6. The predicted molar refractivity (Wildman–Crippen MR) is 255 cm³/mol. The van der Waals surface area contributed by atoms with E-state index in [2.05, 4.69) is 116 Å². The molecule has 14 nitrogen and oxygen atoms in total. The first-order chi connectivity index (χ1) is 31.3. The molecule has 64 heavy (non-hydrogen) atoms. The number of nitrogens with zero attached hydrogens (tertiary/aromatic N) is 9. The highest BCUT2D eigenvalue weighted by atomic mass is 35.5. The standard InChI is InChI=1S/C48H50Cl2N10O4/c1-6-57(7-2)23-25-61-47-54-46(55-48(56-47)62-26-24-58(8-3)9-4)51-27-60-33-18-14-12-16-29(33)37-35(60)22-20-31-43(37)64-45-39(50)40-44(38(49)41(45)53-31)63-42-30(52-40)19-21-34-36(42)28-15-11-13-17-32(28)59(34)10-5/h11-22,43-44H,6-10,23-27H2,1-5H3,(H,51,54,55,56). The van der Waals surface area contributed by atoms with Gasteiger partial charge in [0.05, 0.1) is 39.5 Å². The van der Waals surface area contributed by atoms with E-state index in [4.69, 9.17) is 52.1 Å². The van der Waals surface area contributed by atoms with Crippen LogP contribution in [0.5, 0.6) is 17.8 Å². The summed E-state index contributed by atoms with van der Waals surface area (Å²) in [5, 5.41) is 7.20. The van der Waals surface area contributed by atoms with Crippen molar-refractivity contribution in [3.63, 3.8) is 0 Å². The molecule has 6 aromatic rings. The largest absolute Gasteiger partial charge is 0.475 e. The highest BCUT2D eigenvalue weighted by Crippen LogP contribution is 2.51. The minimum atomic E-state index is -0.757. The van der Waals surface area contributed by atoms with Crippen molar-refractivity contribution in [1.82, 2.24) is 33.9 Å². The van der Waals surface area contributed by atoms with E-state index in [9.17, 15) is 0 Å². The van der Waals surface area contributed by atoms with Gasteiger partial charge < -0.3 is 43.2 Å². The maximum Gasteiger partial charge on any atom is 0.324 e. The van der Waals surface area contributed by atoms with Crippen molar-refractivity contribution in [3.05, 3.63) is 99.5 Å². The van der Waals surface area contributed by atoms with E-state index >= 15 is 0 Å². The number of aliphatic imine (C=N–C) groups is 2. The molecule has 0 radical (unpaired) electrons. The first-order valence-corrected chi connectivity index (χ1v) is 22.9. The summed E-state index contributed by atoms with van der Waals surface area (Å²) < 4.78 is 30.3. The quantitative estimate of drug-likeness (QED) is 0.100. The fourth-order valence-electron chi connectivity index (χ4n) is 9.15. The third kappa shape index (κ3) is 7.26. The molecule has 0 fully saturated rings. The molecule has 4 aliphatic rings. The zero-order valence-electron chi connectivity index (χ0n) is 36.6. The summed E-state index contributed by atoms with van der Waals surface area (Å²) in [5.41, 5.74) is 7.36. The lowest BCUT2D eigenvalue weighted by Crippen LogP contribution is -2.37. The SMILES string of the molecule is CCN(CC)CCOc1nc(NCn2c3c(c4ccccc42)C2OC4=C(Cl)C5=Nc6ccc7c(c6OC5C(Cl)=C4N=C2C=C3)c2ccccc2n7CC)nc(OCCN(CC)CC)n1. The van der Waals surface area contributed by atoms with Crippen LogP contribution < -0.4 is 19.5 Å². The molecule has 0 saturated carbocycles. The highest BCUT2D eigenvalue weighted by Gasteiger charge is 2.44. The number of likely N-dealkylation sites (N-methyl/N-ethyl adjacent to an activating group) is 2. The van der Waals surface area contributed by atoms with Gasteiger partial charge in [0, 0.05) is 41.5 Å². The van der Waals surface area contributed by atoms with Crippen LogP contribution in [0.2, 0.25) is 0 Å². The van der Waals surface area contributed by atoms with Gasteiger partial charge in [0.2, 0.25) is 5.95 Å². The molecule has 2 aliphatic carbocycles. The van der Waals surface area contributed by atoms with Crippen molar-refractivity contribution >= 4 is 85.0 Å². The molecule has 1 N–H and O–H groups in total. The summed E-state index contributed by atoms with van der Waals surface area (Å²) in [7, 11) is 0. The van der Waals surface area contributed by atoms with Gasteiger partial charge in [-0.25, -0.2) is 9.98 Å². The fraction of sp³-hybridized carbons (Fsp3) is 0.354. The van der Waals surface area contributed by atoms with Crippen LogP contribution in [0.25, 0.3) is 38.8 Å². The van der Waals surface area contributed by atoms with Crippen LogP contribution >= 0.6 is 23.2 Å². The number of ether oxygens (including phenoxy) is 4. The Hall–Kier alpha value is -5.93. The van der Waals surface area contributed by atoms with Crippen molar-refractivity contribution in [2.75, 3.05) is 57.8 Å². The molecule has 330 valence electrons. The average molecular weight is 902 g/mol. The number of aromatic nitrogens is 5. The topological polar surface area (TPSA) is 129 Å². The Labute approximate surface area is 381 Å². The van der Waals surface area contributed by atoms with Gasteiger partial charge in [-0.05, 0) is 69.5 Å². The smallest absolute Gasteiger partial charge is 0.324 e. The number of hydrogen-bond acceptors (Lipinski definition) is 12. The number of fused-ring (bicyclic) bond motifs is 12. The molecule has 0 spiro atoms. The van der Waals surface area contributed by atoms with Crippen molar-refractivity contribution in [2.45, 2.75) is 60.0 Å². The van der Waals surface area contributed by atoms with E-state index in [1.807, 2.05) is 30.3 Å². The molecule has 2 unspecified atom stereocenters. The van der Waals surface area contributed by atoms with Crippen molar-refractivity contribution in [1.29, 1.82) is 0 Å². The molecular weight excluding hydrogens is 851 g/mol. The van der Waals surface area contributed by atoms with E-state index in [1.54, 1.807) is 0 Å². The summed E-state index contributed by atoms with van der Waals surface area (Å²) in [5.74, 6) is 1.37. The second-order valence-electron chi connectivity index (χ2n) is 15.8. The Bertz CT molecular complexity index is 2920. The number of aryl methyl sites for hydroxylation is 1. The Morgan fingerprint density at radius 1 is 0.703 bits per heavy atom. The first kappa shape index (κ1) is 42.0. The lowest BCUT2D eigenvalue weighted by atomic mass is 9.93. The number of rotatable bonds is 16. The Morgan fingerprint density at radius 3 is 2.03 bits per heavy atom. The zero-order valence-corrected chi connectivity index (χ0v) is 38.1. The van der Waals surface area contributed by atoms with Crippen molar-refractivity contribution in [2.24, 2.45) is 9.98 Å². The maximum absolute atomic E-state index is 7.28. The lowest BCUT2D eigenvalue weighted by molar-refractivity contribution is 0.169. The van der Waals surface area contributed by atoms with Crippen LogP contribution in [0.1, 0.15) is 52.0 Å². The van der Waals surface area contributed by atoms with Crippen LogP contribution in [0.4, 0.5) is 11.6 Å². The number of halogens is 2. The van der Waals surface area contributed by atoms with Crippen molar-refractivity contribution in [3.8, 4) is 17.8 Å². The molecular formula is C48H50Cl2N10O4. The van der Waals surface area contributed by atoms with Gasteiger partial charge in [-0.2, -0.15) is 9.97 Å². The first-order valence-electron chi connectivity index (χ1n) is 22.2. The molecule has 0 amide bonds. The Kier molecular flexibility index (Phi) is 11.5. The normalized spacial score (nSPS) is 17.5. The second kappa shape index (κ2) is 17.6. The van der Waals surface area contributed by atoms with Crippen LogP contribution in [0.3, 0.4) is 0 Å². The predicted octanol–water partition coefficient (Wildman–Crippen LogP) is 9.45. The van der Waals surface area contributed by atoms with Crippen molar-refractivity contribution < 1.29 is 18.9 Å². The Morgan fingerprint density at radius 2 is 1.36 bits per heavy atom. The van der Waals surface area contributed by atoms with E-state index in [-0.39, 0.29) is 12.0 Å². The van der Waals surface area contributed by atoms with Crippen LogP contribution in [-0.4, -0.2) is 104 Å². The fourth-order valence-corrected chi connectivity index (χ4v) is 9.70. The van der Waals surface area contributed by atoms with E-state index in [1.165, 1.54) is 0 Å². The van der Waals surface area contributed by atoms with E-state index in [0.717, 1.165) is 89.8 Å². The van der Waals surface area contributed by atoms with Gasteiger partial charge in [-0.15, -0.1) is 4.98 Å². The van der Waals surface area contributed by atoms with Gasteiger partial charge in [0.1, 0.15) is 35.3 Å². The molecule has 2 aliphatic heterocycles. The number of nitrogens with one attached hydrogen (secondary N) is 1. The minimum absolute atomic E-state index is 0.203. The molecule has 0 saturated heterocycles. The van der Waals surface area contributed by atoms with Crippen LogP contribution in [-0.2, 0) is 18.0 Å². The van der Waals surface area contributed by atoms with E-state index in [0.29, 0.717) is 70.2 Å². The van der Waals surface area contributed by atoms with Crippen LogP contribution in [0, 0.1) is 0 Å². The van der Waals surface area contributed by atoms with Gasteiger partial charge in [0.15, 0.2) is 23.7 Å². The summed E-state index contributed by atoms with van der Waals surface area (Å²) in [6, 6.07) is 21.0. The molecule has 3 aromatic heterocycles. The van der Waals surface area contributed by atoms with Gasteiger partial charge in [0.25, 0.3) is 0 Å². The summed E-state index contributed by atoms with van der Waals surface area (Å²) in [6.45, 7) is 17.9. The third-order valence-corrected chi connectivity index (χ3v) is 13.3. The average Bonchev–Trinajstić information content (AvgIpc) is 3.84. The summed E-state index contributed by atoms with van der Waals surface area (Å²) in [6.07, 6.45) is 2.69. The third-order valence-electron chi connectivity index (χ3n) is 12.5. The summed E-state index contributed by atoms with van der Waals surface area (Å²) in [4.78, 5) is 28.6. The molecule has 16 heteroatoms. The van der Waals surface area contributed by atoms with Gasteiger partial charge >= 0.3 is 12.0 Å². The molecule has 3 aromatic carbocycles. The van der Waals surface area contributed by atoms with E-state index < -0.39 is 12.2 Å². The monoisotopic (exact) mass is 900 g/mol. The number of para-hydroxylation sites is 2. The molecule has 5 heterocycles. The minimum Gasteiger partial charge on any atom is -0.475 e. The molecule has 2 atom stereocenters. The lowest BCUT2D eigenvalue weighted by Gasteiger charge is -2.35. The second-order valence-corrected chi connectivity index (χ2v) is 16.6. The van der Waals surface area contributed by atoms with Crippen LogP contribution in [0.15, 0.2) is 98.2 Å².